The standard InChI is InChI=1S/C20H19NO6S/c1-24-14-9-13(10-15(25-2)19(14)26-3)21-18(22)11-27-20(23)17-8-12-6-4-5-7-16(12)28-17/h4-10H,11H2,1-3H3,(H,21,22). The summed E-state index contributed by atoms with van der Waals surface area (Å²) in [6.45, 7) is -0.413. The second-order valence-corrected chi connectivity index (χ2v) is 6.77. The first-order valence-corrected chi connectivity index (χ1v) is 9.13. The van der Waals surface area contributed by atoms with Crippen LogP contribution in [0.1, 0.15) is 9.67 Å². The minimum atomic E-state index is -0.541. The van der Waals surface area contributed by atoms with Gasteiger partial charge in [0.1, 0.15) is 4.88 Å². The van der Waals surface area contributed by atoms with E-state index in [1.54, 1.807) is 18.2 Å². The van der Waals surface area contributed by atoms with Gasteiger partial charge in [-0.2, -0.15) is 0 Å². The zero-order valence-corrected chi connectivity index (χ0v) is 16.4. The van der Waals surface area contributed by atoms with Crippen molar-refractivity contribution in [3.63, 3.8) is 0 Å². The molecule has 0 radical (unpaired) electrons. The normalized spacial score (nSPS) is 10.4. The summed E-state index contributed by atoms with van der Waals surface area (Å²) in [6, 6.07) is 12.6. The van der Waals surface area contributed by atoms with E-state index in [1.165, 1.54) is 32.7 Å². The molecule has 1 N–H and O–H groups in total. The molecule has 8 heteroatoms. The van der Waals surface area contributed by atoms with Crippen LogP contribution in [0.4, 0.5) is 5.69 Å². The van der Waals surface area contributed by atoms with Gasteiger partial charge in [-0.05, 0) is 17.5 Å². The molecule has 3 rings (SSSR count). The molecule has 2 aromatic carbocycles. The highest BCUT2D eigenvalue weighted by atomic mass is 32.1. The molecule has 0 saturated heterocycles. The molecule has 0 aliphatic heterocycles. The Balaban J connectivity index is 1.64. The second-order valence-electron chi connectivity index (χ2n) is 5.69. The third-order valence-corrected chi connectivity index (χ3v) is 5.01. The molecular weight excluding hydrogens is 382 g/mol. The number of carbonyl (C=O) groups is 2. The molecule has 28 heavy (non-hydrogen) atoms. The Bertz CT molecular complexity index is 955. The predicted octanol–water partition coefficient (Wildman–Crippen LogP) is 3.72. The van der Waals surface area contributed by atoms with Gasteiger partial charge in [-0.3, -0.25) is 4.79 Å². The summed E-state index contributed by atoms with van der Waals surface area (Å²) in [5.41, 5.74) is 0.428. The lowest BCUT2D eigenvalue weighted by atomic mass is 10.2. The Morgan fingerprint density at radius 1 is 0.964 bits per heavy atom. The second kappa shape index (κ2) is 8.62. The lowest BCUT2D eigenvalue weighted by Gasteiger charge is -2.14. The van der Waals surface area contributed by atoms with Crippen LogP contribution in [0.25, 0.3) is 10.1 Å². The molecule has 0 aliphatic carbocycles. The number of amides is 1. The van der Waals surface area contributed by atoms with Gasteiger partial charge in [0.2, 0.25) is 5.75 Å². The Kier molecular flexibility index (Phi) is 6.00. The quantitative estimate of drug-likeness (QED) is 0.608. The molecule has 1 amide bonds. The van der Waals surface area contributed by atoms with Crippen LogP contribution < -0.4 is 19.5 Å². The van der Waals surface area contributed by atoms with E-state index in [-0.39, 0.29) is 0 Å². The van der Waals surface area contributed by atoms with Crippen molar-refractivity contribution < 1.29 is 28.5 Å². The number of fused-ring (bicyclic) bond motifs is 1. The number of nitrogens with one attached hydrogen (secondary N) is 1. The van der Waals surface area contributed by atoms with Crippen molar-refractivity contribution >= 4 is 39.0 Å². The van der Waals surface area contributed by atoms with Gasteiger partial charge >= 0.3 is 5.97 Å². The van der Waals surface area contributed by atoms with Crippen molar-refractivity contribution in [1.29, 1.82) is 0 Å². The minimum Gasteiger partial charge on any atom is -0.493 e. The summed E-state index contributed by atoms with van der Waals surface area (Å²) >= 11 is 1.32. The van der Waals surface area contributed by atoms with E-state index in [0.29, 0.717) is 27.8 Å². The number of esters is 1. The van der Waals surface area contributed by atoms with E-state index in [9.17, 15) is 9.59 Å². The molecule has 1 heterocycles. The van der Waals surface area contributed by atoms with Gasteiger partial charge < -0.3 is 24.3 Å². The van der Waals surface area contributed by atoms with E-state index in [0.717, 1.165) is 10.1 Å². The molecule has 0 bridgehead atoms. The monoisotopic (exact) mass is 401 g/mol. The summed E-state index contributed by atoms with van der Waals surface area (Å²) in [6.07, 6.45) is 0. The van der Waals surface area contributed by atoms with Gasteiger partial charge in [-0.15, -0.1) is 11.3 Å². The molecule has 0 saturated carbocycles. The van der Waals surface area contributed by atoms with Gasteiger partial charge in [-0.1, -0.05) is 18.2 Å². The van der Waals surface area contributed by atoms with Gasteiger partial charge in [0.05, 0.1) is 21.3 Å². The Morgan fingerprint density at radius 2 is 1.64 bits per heavy atom. The third-order valence-electron chi connectivity index (χ3n) is 3.91. The zero-order valence-electron chi connectivity index (χ0n) is 15.6. The van der Waals surface area contributed by atoms with Crippen LogP contribution in [0.2, 0.25) is 0 Å². The summed E-state index contributed by atoms with van der Waals surface area (Å²) in [5.74, 6) is 0.197. The van der Waals surface area contributed by atoms with Gasteiger partial charge in [0.25, 0.3) is 5.91 Å². The number of ether oxygens (including phenoxy) is 4. The van der Waals surface area contributed by atoms with Crippen molar-refractivity contribution in [1.82, 2.24) is 0 Å². The molecule has 7 nitrogen and oxygen atoms in total. The molecule has 0 fully saturated rings. The highest BCUT2D eigenvalue weighted by Gasteiger charge is 2.16. The first kappa shape index (κ1) is 19.5. The van der Waals surface area contributed by atoms with E-state index in [1.807, 2.05) is 24.3 Å². The highest BCUT2D eigenvalue weighted by Crippen LogP contribution is 2.39. The summed E-state index contributed by atoms with van der Waals surface area (Å²) in [4.78, 5) is 24.8. The lowest BCUT2D eigenvalue weighted by Crippen LogP contribution is -2.20. The number of thiophene rings is 1. The van der Waals surface area contributed by atoms with Gasteiger partial charge in [0, 0.05) is 22.5 Å². The van der Waals surface area contributed by atoms with Crippen molar-refractivity contribution in [2.24, 2.45) is 0 Å². The van der Waals surface area contributed by atoms with Crippen LogP contribution in [0.5, 0.6) is 17.2 Å². The SMILES string of the molecule is COc1cc(NC(=O)COC(=O)c2cc3ccccc3s2)cc(OC)c1OC. The Hall–Kier alpha value is -3.26. The predicted molar refractivity (Wildman–Crippen MR) is 107 cm³/mol. The Labute approximate surface area is 165 Å². The average Bonchev–Trinajstić information content (AvgIpc) is 3.15. The zero-order chi connectivity index (χ0) is 20.1. The van der Waals surface area contributed by atoms with E-state index in [4.69, 9.17) is 18.9 Å². The Morgan fingerprint density at radius 3 is 2.25 bits per heavy atom. The summed E-state index contributed by atoms with van der Waals surface area (Å²) in [7, 11) is 4.46. The van der Waals surface area contributed by atoms with Crippen LogP contribution in [-0.2, 0) is 9.53 Å². The van der Waals surface area contributed by atoms with Crippen molar-refractivity contribution in [2.75, 3.05) is 33.3 Å². The number of rotatable bonds is 7. The number of carbonyl (C=O) groups excluding carboxylic acids is 2. The molecule has 0 spiro atoms. The highest BCUT2D eigenvalue weighted by molar-refractivity contribution is 7.20. The average molecular weight is 401 g/mol. The van der Waals surface area contributed by atoms with E-state index < -0.39 is 18.5 Å². The number of anilines is 1. The van der Waals surface area contributed by atoms with Gasteiger partial charge in [-0.25, -0.2) is 4.79 Å². The lowest BCUT2D eigenvalue weighted by molar-refractivity contribution is -0.119. The molecule has 1 aromatic heterocycles. The van der Waals surface area contributed by atoms with E-state index >= 15 is 0 Å². The fraction of sp³-hybridized carbons (Fsp3) is 0.200. The topological polar surface area (TPSA) is 83.1 Å². The smallest absolute Gasteiger partial charge is 0.348 e. The first-order valence-electron chi connectivity index (χ1n) is 8.31. The van der Waals surface area contributed by atoms with Crippen LogP contribution in [0.3, 0.4) is 0 Å². The number of methoxy groups -OCH3 is 3. The molecule has 3 aromatic rings. The summed E-state index contributed by atoms with van der Waals surface area (Å²) < 4.78 is 21.8. The third kappa shape index (κ3) is 4.17. The van der Waals surface area contributed by atoms with Crippen LogP contribution in [0, 0.1) is 0 Å². The van der Waals surface area contributed by atoms with Crippen LogP contribution in [-0.4, -0.2) is 39.8 Å². The molecule has 146 valence electrons. The fourth-order valence-electron chi connectivity index (χ4n) is 2.64. The van der Waals surface area contributed by atoms with Gasteiger partial charge in [0.15, 0.2) is 18.1 Å². The van der Waals surface area contributed by atoms with Crippen LogP contribution >= 0.6 is 11.3 Å². The van der Waals surface area contributed by atoms with Crippen molar-refractivity contribution in [3.05, 3.63) is 47.3 Å². The van der Waals surface area contributed by atoms with Crippen LogP contribution in [0.15, 0.2) is 42.5 Å². The maximum atomic E-state index is 12.2. The molecule has 0 unspecified atom stereocenters. The first-order chi connectivity index (χ1) is 13.5. The summed E-state index contributed by atoms with van der Waals surface area (Å²) in [5, 5.41) is 3.61. The number of benzene rings is 2. The number of hydrogen-bond acceptors (Lipinski definition) is 7. The fourth-order valence-corrected chi connectivity index (χ4v) is 3.59. The maximum Gasteiger partial charge on any atom is 0.348 e. The minimum absolute atomic E-state index is 0.402. The van der Waals surface area contributed by atoms with Crippen molar-refractivity contribution in [3.8, 4) is 17.2 Å². The van der Waals surface area contributed by atoms with Crippen molar-refractivity contribution in [2.45, 2.75) is 0 Å². The maximum absolute atomic E-state index is 12.2. The largest absolute Gasteiger partial charge is 0.493 e. The number of hydrogen-bond donors (Lipinski definition) is 1. The molecule has 0 aliphatic rings. The molecule has 0 atom stereocenters. The molecular formula is C20H19NO6S. The van der Waals surface area contributed by atoms with E-state index in [2.05, 4.69) is 5.32 Å².